The molecule has 6 nitrogen and oxygen atoms in total. The molecule has 2 atom stereocenters. The highest BCUT2D eigenvalue weighted by atomic mass is 32.1. The van der Waals surface area contributed by atoms with Gasteiger partial charge in [0.25, 0.3) is 0 Å². The van der Waals surface area contributed by atoms with Crippen molar-refractivity contribution in [1.29, 1.82) is 0 Å². The summed E-state index contributed by atoms with van der Waals surface area (Å²) in [5.74, 6) is 0.849. The van der Waals surface area contributed by atoms with Crippen molar-refractivity contribution < 1.29 is 19.4 Å². The number of aromatic nitrogens is 1. The number of thiazole rings is 1. The predicted octanol–water partition coefficient (Wildman–Crippen LogP) is 2.89. The monoisotopic (exact) mass is 378 g/mol. The molecule has 7 heteroatoms. The van der Waals surface area contributed by atoms with Crippen molar-refractivity contribution in [3.8, 4) is 0 Å². The molecule has 0 saturated heterocycles. The first kappa shape index (κ1) is 17.9. The van der Waals surface area contributed by atoms with Gasteiger partial charge in [0.1, 0.15) is 6.61 Å². The molecular formula is C19H26N2O4S. The van der Waals surface area contributed by atoms with Crippen molar-refractivity contribution in [2.24, 2.45) is 17.3 Å². The van der Waals surface area contributed by atoms with Gasteiger partial charge in [-0.1, -0.05) is 0 Å². The summed E-state index contributed by atoms with van der Waals surface area (Å²) in [5, 5.41) is 13.2. The Hall–Kier alpha value is -1.47. The van der Waals surface area contributed by atoms with Gasteiger partial charge in [-0.25, -0.2) is 4.98 Å². The topological polar surface area (TPSA) is 79.7 Å². The Balaban J connectivity index is 1.34. The van der Waals surface area contributed by atoms with Crippen molar-refractivity contribution in [1.82, 2.24) is 4.98 Å². The average Bonchev–Trinajstić information content (AvgIpc) is 2.98. The molecule has 0 aromatic carbocycles. The van der Waals surface area contributed by atoms with Crippen LogP contribution >= 0.6 is 11.3 Å². The minimum Gasteiger partial charge on any atom is -0.459 e. The van der Waals surface area contributed by atoms with Gasteiger partial charge in [0.05, 0.1) is 17.7 Å². The molecule has 0 radical (unpaired) electrons. The lowest BCUT2D eigenvalue weighted by Crippen LogP contribution is -2.56. The number of carbonyl (C=O) groups excluding carboxylic acids is 2. The molecule has 1 aromatic heterocycles. The Kier molecular flexibility index (Phi) is 4.34. The Bertz CT molecular complexity index is 717. The van der Waals surface area contributed by atoms with Gasteiger partial charge in [0.2, 0.25) is 5.91 Å². The number of esters is 1. The van der Waals surface area contributed by atoms with Gasteiger partial charge in [0.15, 0.2) is 5.13 Å². The highest BCUT2D eigenvalue weighted by molar-refractivity contribution is 7.14. The van der Waals surface area contributed by atoms with Gasteiger partial charge in [-0.3, -0.25) is 14.5 Å². The van der Waals surface area contributed by atoms with E-state index < -0.39 is 5.60 Å². The largest absolute Gasteiger partial charge is 0.459 e. The number of anilines is 1. The van der Waals surface area contributed by atoms with Crippen LogP contribution in [0.2, 0.25) is 0 Å². The normalized spacial score (nSPS) is 34.7. The molecule has 4 aliphatic carbocycles. The zero-order valence-electron chi connectivity index (χ0n) is 15.4. The second-order valence-corrected chi connectivity index (χ2v) is 9.56. The van der Waals surface area contributed by atoms with Gasteiger partial charge >= 0.3 is 5.97 Å². The minimum absolute atomic E-state index is 0.0714. The molecule has 1 aromatic rings. The zero-order chi connectivity index (χ0) is 18.5. The van der Waals surface area contributed by atoms with E-state index >= 15 is 0 Å². The molecule has 0 spiro atoms. The lowest BCUT2D eigenvalue weighted by molar-refractivity contribution is -0.177. The van der Waals surface area contributed by atoms with Gasteiger partial charge in [-0.15, -0.1) is 11.3 Å². The fourth-order valence-electron chi connectivity index (χ4n) is 5.77. The van der Waals surface area contributed by atoms with E-state index in [1.54, 1.807) is 7.05 Å². The number of ether oxygens (including phenoxy) is 1. The van der Waals surface area contributed by atoms with Crippen LogP contribution in [0.5, 0.6) is 0 Å². The summed E-state index contributed by atoms with van der Waals surface area (Å²) in [6, 6.07) is 0. The van der Waals surface area contributed by atoms with Gasteiger partial charge in [0, 0.05) is 19.4 Å². The molecule has 1 N–H and O–H groups in total. The molecular weight excluding hydrogens is 352 g/mol. The minimum atomic E-state index is -0.550. The lowest BCUT2D eigenvalue weighted by atomic mass is 9.47. The molecule has 1 heterocycles. The molecule has 4 bridgehead atoms. The number of rotatable bonds is 5. The third-order valence-corrected chi connectivity index (χ3v) is 7.32. The predicted molar refractivity (Wildman–Crippen MR) is 97.7 cm³/mol. The number of hydrogen-bond acceptors (Lipinski definition) is 6. The first-order valence-electron chi connectivity index (χ1n) is 9.33. The Labute approximate surface area is 157 Å². The Morgan fingerprint density at radius 2 is 2.04 bits per heavy atom. The van der Waals surface area contributed by atoms with Gasteiger partial charge in [-0.05, 0) is 55.8 Å². The number of carbonyl (C=O) groups is 2. The smallest absolute Gasteiger partial charge is 0.306 e. The maximum Gasteiger partial charge on any atom is 0.306 e. The van der Waals surface area contributed by atoms with Crippen LogP contribution in [-0.4, -0.2) is 34.6 Å². The van der Waals surface area contributed by atoms with E-state index in [4.69, 9.17) is 4.74 Å². The maximum absolute atomic E-state index is 12.5. The summed E-state index contributed by atoms with van der Waals surface area (Å²) in [6.07, 6.45) is 6.26. The number of hydrogen-bond donors (Lipinski definition) is 1. The summed E-state index contributed by atoms with van der Waals surface area (Å²) in [5.41, 5.74) is 0.0410. The molecule has 4 aliphatic rings. The van der Waals surface area contributed by atoms with Crippen molar-refractivity contribution in [3.63, 3.8) is 0 Å². The van der Waals surface area contributed by atoms with E-state index in [0.29, 0.717) is 29.1 Å². The number of aliphatic hydroxyl groups is 1. The van der Waals surface area contributed by atoms with E-state index in [1.807, 2.05) is 5.38 Å². The van der Waals surface area contributed by atoms with E-state index in [-0.39, 0.29) is 23.9 Å². The fraction of sp³-hybridized carbons (Fsp3) is 0.737. The first-order chi connectivity index (χ1) is 12.3. The standard InChI is InChI=1S/C19H26N2O4S/c1-12(22)21(2)17-20-15(10-26-17)9-25-16(23)8-18-4-13-3-14(5-18)7-19(24,6-13)11-18/h10,13-14,24H,3-9,11H2,1-2H3. The maximum atomic E-state index is 12.5. The second kappa shape index (κ2) is 6.30. The molecule has 5 rings (SSSR count). The summed E-state index contributed by atoms with van der Waals surface area (Å²) in [7, 11) is 1.68. The van der Waals surface area contributed by atoms with Gasteiger partial charge in [-0.2, -0.15) is 0 Å². The molecule has 2 unspecified atom stereocenters. The zero-order valence-corrected chi connectivity index (χ0v) is 16.2. The van der Waals surface area contributed by atoms with Crippen LogP contribution in [-0.2, 0) is 20.9 Å². The number of nitrogens with zero attached hydrogens (tertiary/aromatic N) is 2. The van der Waals surface area contributed by atoms with E-state index in [9.17, 15) is 14.7 Å². The average molecular weight is 378 g/mol. The Morgan fingerprint density at radius 1 is 1.35 bits per heavy atom. The molecule has 142 valence electrons. The highest BCUT2D eigenvalue weighted by Crippen LogP contribution is 2.62. The molecule has 1 amide bonds. The highest BCUT2D eigenvalue weighted by Gasteiger charge is 2.57. The van der Waals surface area contributed by atoms with Crippen molar-refractivity contribution in [2.75, 3.05) is 11.9 Å². The summed E-state index contributed by atoms with van der Waals surface area (Å²) in [4.78, 5) is 29.7. The SMILES string of the molecule is CC(=O)N(C)c1nc(COC(=O)CC23CC4CC(CC(O)(C4)C2)C3)cs1. The lowest BCUT2D eigenvalue weighted by Gasteiger charge is -2.60. The van der Waals surface area contributed by atoms with Crippen LogP contribution < -0.4 is 4.90 Å². The van der Waals surface area contributed by atoms with Gasteiger partial charge < -0.3 is 9.84 Å². The van der Waals surface area contributed by atoms with Crippen molar-refractivity contribution >= 4 is 28.3 Å². The molecule has 4 fully saturated rings. The molecule has 26 heavy (non-hydrogen) atoms. The van der Waals surface area contributed by atoms with Crippen LogP contribution in [0, 0.1) is 17.3 Å². The summed E-state index contributed by atoms with van der Waals surface area (Å²) in [6.45, 7) is 1.62. The molecule has 4 saturated carbocycles. The van der Waals surface area contributed by atoms with Crippen LogP contribution in [0.1, 0.15) is 57.6 Å². The van der Waals surface area contributed by atoms with Crippen molar-refractivity contribution in [2.45, 2.75) is 64.1 Å². The van der Waals surface area contributed by atoms with E-state index in [2.05, 4.69) is 4.98 Å². The van der Waals surface area contributed by atoms with Crippen LogP contribution in [0.25, 0.3) is 0 Å². The fourth-order valence-corrected chi connectivity index (χ4v) is 6.59. The quantitative estimate of drug-likeness (QED) is 0.797. The van der Waals surface area contributed by atoms with E-state index in [0.717, 1.165) is 32.1 Å². The Morgan fingerprint density at radius 3 is 2.65 bits per heavy atom. The van der Waals surface area contributed by atoms with Crippen LogP contribution in [0.15, 0.2) is 5.38 Å². The summed E-state index contributed by atoms with van der Waals surface area (Å²) >= 11 is 1.36. The summed E-state index contributed by atoms with van der Waals surface area (Å²) < 4.78 is 5.47. The molecule has 0 aliphatic heterocycles. The van der Waals surface area contributed by atoms with Crippen LogP contribution in [0.3, 0.4) is 0 Å². The van der Waals surface area contributed by atoms with Crippen molar-refractivity contribution in [3.05, 3.63) is 11.1 Å². The number of amides is 1. The van der Waals surface area contributed by atoms with Crippen LogP contribution in [0.4, 0.5) is 5.13 Å². The third kappa shape index (κ3) is 3.39. The third-order valence-electron chi connectivity index (χ3n) is 6.35. The second-order valence-electron chi connectivity index (χ2n) is 8.72. The van der Waals surface area contributed by atoms with E-state index in [1.165, 1.54) is 29.6 Å². The first-order valence-corrected chi connectivity index (χ1v) is 10.2.